The lowest BCUT2D eigenvalue weighted by Crippen LogP contribution is -2.28. The van der Waals surface area contributed by atoms with Crippen molar-refractivity contribution in [2.24, 2.45) is 0 Å². The fraction of sp³-hybridized carbons (Fsp3) is 0.350. The first-order chi connectivity index (χ1) is 11.9. The summed E-state index contributed by atoms with van der Waals surface area (Å²) < 4.78 is 19.7. The Hall–Kier alpha value is -1.75. The number of ether oxygens (including phenoxy) is 1. The Morgan fingerprint density at radius 2 is 1.96 bits per heavy atom. The van der Waals surface area contributed by atoms with Gasteiger partial charge in [0.05, 0.1) is 6.61 Å². The molecule has 3 nitrogen and oxygen atoms in total. The molecule has 25 heavy (non-hydrogen) atoms. The molecule has 0 unspecified atom stereocenters. The molecule has 0 amide bonds. The number of rotatable bonds is 6. The number of halogens is 2. The molecule has 5 heteroatoms. The molecule has 0 N–H and O–H groups in total. The van der Waals surface area contributed by atoms with Gasteiger partial charge in [-0.15, -0.1) is 0 Å². The van der Waals surface area contributed by atoms with Crippen LogP contribution in [0.3, 0.4) is 0 Å². The summed E-state index contributed by atoms with van der Waals surface area (Å²) >= 11 is 5.60. The summed E-state index contributed by atoms with van der Waals surface area (Å²) in [4.78, 5) is 13.6. The van der Waals surface area contributed by atoms with Crippen LogP contribution in [-0.4, -0.2) is 30.8 Å². The van der Waals surface area contributed by atoms with E-state index in [-0.39, 0.29) is 5.82 Å². The zero-order valence-electron chi connectivity index (χ0n) is 14.4. The molecule has 1 aliphatic rings. The van der Waals surface area contributed by atoms with Gasteiger partial charge in [-0.3, -0.25) is 4.79 Å². The Balaban J connectivity index is 2.02. The summed E-state index contributed by atoms with van der Waals surface area (Å²) in [6.07, 6.45) is 1.71. The minimum Gasteiger partial charge on any atom is -0.361 e. The van der Waals surface area contributed by atoms with Crippen molar-refractivity contribution >= 4 is 16.8 Å². The molecule has 3 rings (SSSR count). The third-order valence-corrected chi connectivity index (χ3v) is 4.90. The highest BCUT2D eigenvalue weighted by Gasteiger charge is 2.41. The number of hydrogen-bond acceptors (Lipinski definition) is 3. The highest BCUT2D eigenvalue weighted by Crippen LogP contribution is 2.45. The van der Waals surface area contributed by atoms with E-state index in [9.17, 15) is 9.18 Å². The number of nitrogens with zero attached hydrogens (tertiary/aromatic N) is 1. The molecule has 0 radical (unpaired) electrons. The Morgan fingerprint density at radius 1 is 1.24 bits per heavy atom. The minimum absolute atomic E-state index is 0.270. The summed E-state index contributed by atoms with van der Waals surface area (Å²) in [5.41, 5.74) is 2.76. The minimum atomic E-state index is -0.618. The standard InChI is InChI=1S/C20H21ClFNO2/c1-23(2)11-3-10-20(16-5-7-17(22)8-6-16)18-9-4-14(19(21)24)12-15(18)13-25-20/h4-9,12H,3,10-11,13H2,1-2H3/t20-/m0/s1. The number of hydrogen-bond donors (Lipinski definition) is 0. The molecule has 0 aromatic heterocycles. The maximum atomic E-state index is 13.4. The van der Waals surface area contributed by atoms with E-state index >= 15 is 0 Å². The lowest BCUT2D eigenvalue weighted by Gasteiger charge is -2.31. The Bertz CT molecular complexity index is 776. The van der Waals surface area contributed by atoms with Crippen molar-refractivity contribution in [3.05, 3.63) is 70.5 Å². The van der Waals surface area contributed by atoms with Crippen LogP contribution in [0.25, 0.3) is 0 Å². The Kier molecular flexibility index (Phi) is 5.23. The van der Waals surface area contributed by atoms with Crippen LogP contribution in [0.2, 0.25) is 0 Å². The van der Waals surface area contributed by atoms with Gasteiger partial charge in [-0.2, -0.15) is 0 Å². The molecule has 2 aromatic carbocycles. The van der Waals surface area contributed by atoms with Gasteiger partial charge < -0.3 is 9.64 Å². The van der Waals surface area contributed by atoms with Crippen molar-refractivity contribution < 1.29 is 13.9 Å². The van der Waals surface area contributed by atoms with E-state index in [0.717, 1.165) is 36.1 Å². The maximum absolute atomic E-state index is 13.4. The molecular formula is C20H21ClFNO2. The van der Waals surface area contributed by atoms with Gasteiger partial charge in [0.2, 0.25) is 0 Å². The summed E-state index contributed by atoms with van der Waals surface area (Å²) in [5.74, 6) is -0.270. The van der Waals surface area contributed by atoms with Gasteiger partial charge in [0.25, 0.3) is 5.24 Å². The molecule has 2 aromatic rings. The van der Waals surface area contributed by atoms with E-state index < -0.39 is 10.8 Å². The predicted octanol–water partition coefficient (Wildman–Crippen LogP) is 4.32. The molecule has 1 heterocycles. The largest absolute Gasteiger partial charge is 0.361 e. The van der Waals surface area contributed by atoms with Gasteiger partial charge in [0.15, 0.2) is 0 Å². The summed E-state index contributed by atoms with van der Waals surface area (Å²) in [7, 11) is 4.07. The molecule has 1 aliphatic heterocycles. The second-order valence-electron chi connectivity index (χ2n) is 6.68. The first-order valence-corrected chi connectivity index (χ1v) is 8.68. The molecule has 132 valence electrons. The molecule has 0 saturated heterocycles. The highest BCUT2D eigenvalue weighted by atomic mass is 35.5. The van der Waals surface area contributed by atoms with Crippen molar-refractivity contribution in [1.29, 1.82) is 0 Å². The number of carbonyl (C=O) groups excluding carboxylic acids is 1. The van der Waals surface area contributed by atoms with Crippen LogP contribution in [0.4, 0.5) is 4.39 Å². The van der Waals surface area contributed by atoms with E-state index in [2.05, 4.69) is 4.90 Å². The second-order valence-corrected chi connectivity index (χ2v) is 7.02. The van der Waals surface area contributed by atoms with Crippen LogP contribution in [-0.2, 0) is 16.9 Å². The first kappa shape index (κ1) is 18.1. The smallest absolute Gasteiger partial charge is 0.252 e. The topological polar surface area (TPSA) is 29.5 Å². The van der Waals surface area contributed by atoms with E-state index in [1.807, 2.05) is 20.2 Å². The van der Waals surface area contributed by atoms with Gasteiger partial charge in [-0.25, -0.2) is 4.39 Å². The quantitative estimate of drug-likeness (QED) is 0.717. The summed E-state index contributed by atoms with van der Waals surface area (Å²) in [6, 6.07) is 11.9. The van der Waals surface area contributed by atoms with Crippen LogP contribution in [0.5, 0.6) is 0 Å². The summed E-state index contributed by atoms with van der Waals surface area (Å²) in [6.45, 7) is 1.34. The molecule has 1 atom stereocenters. The average Bonchev–Trinajstić information content (AvgIpc) is 2.94. The van der Waals surface area contributed by atoms with Gasteiger partial charge in [-0.05, 0) is 86.0 Å². The zero-order chi connectivity index (χ0) is 18.0. The second kappa shape index (κ2) is 7.24. The highest BCUT2D eigenvalue weighted by molar-refractivity contribution is 6.67. The van der Waals surface area contributed by atoms with Gasteiger partial charge >= 0.3 is 0 Å². The van der Waals surface area contributed by atoms with E-state index in [0.29, 0.717) is 12.2 Å². The van der Waals surface area contributed by atoms with Crippen LogP contribution in [0, 0.1) is 5.82 Å². The van der Waals surface area contributed by atoms with Gasteiger partial charge in [0.1, 0.15) is 11.4 Å². The third kappa shape index (κ3) is 3.61. The first-order valence-electron chi connectivity index (χ1n) is 8.30. The number of fused-ring (bicyclic) bond motifs is 1. The van der Waals surface area contributed by atoms with Crippen LogP contribution < -0.4 is 0 Å². The van der Waals surface area contributed by atoms with Crippen molar-refractivity contribution in [3.8, 4) is 0 Å². The zero-order valence-corrected chi connectivity index (χ0v) is 15.1. The Morgan fingerprint density at radius 3 is 2.60 bits per heavy atom. The average molecular weight is 362 g/mol. The molecular weight excluding hydrogens is 341 g/mol. The SMILES string of the molecule is CN(C)CCC[C@@]1(c2ccc(F)cc2)OCc2cc(C(=O)Cl)ccc21. The maximum Gasteiger partial charge on any atom is 0.252 e. The van der Waals surface area contributed by atoms with Gasteiger partial charge in [0, 0.05) is 5.56 Å². The predicted molar refractivity (Wildman–Crippen MR) is 96.4 cm³/mol. The lowest BCUT2D eigenvalue weighted by molar-refractivity contribution is -0.0140. The van der Waals surface area contributed by atoms with Crippen molar-refractivity contribution in [1.82, 2.24) is 4.90 Å². The van der Waals surface area contributed by atoms with Crippen LogP contribution >= 0.6 is 11.6 Å². The molecule has 0 saturated carbocycles. The molecule has 0 fully saturated rings. The Labute approximate surface area is 152 Å². The molecule has 0 spiro atoms. The van der Waals surface area contributed by atoms with E-state index in [1.54, 1.807) is 24.3 Å². The fourth-order valence-electron chi connectivity index (χ4n) is 3.46. The number of carbonyl (C=O) groups is 1. The van der Waals surface area contributed by atoms with Crippen LogP contribution in [0.15, 0.2) is 42.5 Å². The van der Waals surface area contributed by atoms with E-state index in [1.165, 1.54) is 12.1 Å². The number of benzene rings is 2. The monoisotopic (exact) mass is 361 g/mol. The molecule has 0 bridgehead atoms. The van der Waals surface area contributed by atoms with E-state index in [4.69, 9.17) is 16.3 Å². The van der Waals surface area contributed by atoms with Gasteiger partial charge in [-0.1, -0.05) is 18.2 Å². The van der Waals surface area contributed by atoms with Crippen molar-refractivity contribution in [2.45, 2.75) is 25.0 Å². The third-order valence-electron chi connectivity index (χ3n) is 4.69. The van der Waals surface area contributed by atoms with Crippen molar-refractivity contribution in [3.63, 3.8) is 0 Å². The normalized spacial score (nSPS) is 19.2. The van der Waals surface area contributed by atoms with Crippen LogP contribution in [0.1, 0.15) is 39.9 Å². The lowest BCUT2D eigenvalue weighted by atomic mass is 9.81. The fourth-order valence-corrected chi connectivity index (χ4v) is 3.58. The summed E-state index contributed by atoms with van der Waals surface area (Å²) in [5, 5.41) is -0.477. The molecule has 0 aliphatic carbocycles. The van der Waals surface area contributed by atoms with Crippen molar-refractivity contribution in [2.75, 3.05) is 20.6 Å².